The van der Waals surface area contributed by atoms with Crippen LogP contribution in [-0.4, -0.2) is 39.8 Å². The van der Waals surface area contributed by atoms with Gasteiger partial charge in [0.05, 0.1) is 23.1 Å². The molecule has 0 N–H and O–H groups in total. The molecule has 4 aromatic rings. The molecular weight excluding hydrogens is 446 g/mol. The lowest BCUT2D eigenvalue weighted by Gasteiger charge is -2.16. The van der Waals surface area contributed by atoms with Gasteiger partial charge in [-0.2, -0.15) is 4.98 Å². The van der Waals surface area contributed by atoms with Gasteiger partial charge < -0.3 is 4.74 Å². The predicted octanol–water partition coefficient (Wildman–Crippen LogP) is 5.22. The van der Waals surface area contributed by atoms with E-state index in [2.05, 4.69) is 6.92 Å². The Kier molecular flexibility index (Phi) is 5.14. The standard InChI is InChI=1S/C27H23N3O3S/c1-16-10-12-17(13-11-16)23-28-24(22-20-8-4-5-9-21(20)34-25(22)29-23)33-15-14-30-26(31)18-6-2-3-7-19(18)27(30)32/h2-3,6-7,10-13H,4-5,8-9,14-15H2,1H3. The summed E-state index contributed by atoms with van der Waals surface area (Å²) in [7, 11) is 0. The first-order valence-corrected chi connectivity index (χ1v) is 12.4. The van der Waals surface area contributed by atoms with Gasteiger partial charge in [-0.1, -0.05) is 42.0 Å². The second-order valence-electron chi connectivity index (χ2n) is 8.77. The number of aryl methyl sites for hydroxylation is 3. The maximum Gasteiger partial charge on any atom is 0.261 e. The molecule has 0 spiro atoms. The van der Waals surface area contributed by atoms with Gasteiger partial charge in [-0.05, 0) is 50.3 Å². The van der Waals surface area contributed by atoms with Crippen LogP contribution in [0.3, 0.4) is 0 Å². The Balaban J connectivity index is 1.32. The Labute approximate surface area is 201 Å². The molecule has 3 heterocycles. The number of hydrogen-bond acceptors (Lipinski definition) is 6. The van der Waals surface area contributed by atoms with Gasteiger partial charge >= 0.3 is 0 Å². The fraction of sp³-hybridized carbons (Fsp3) is 0.259. The minimum absolute atomic E-state index is 0.171. The molecule has 170 valence electrons. The molecule has 0 unspecified atom stereocenters. The van der Waals surface area contributed by atoms with Crippen LogP contribution in [0.15, 0.2) is 48.5 Å². The lowest BCUT2D eigenvalue weighted by atomic mass is 9.97. The zero-order valence-electron chi connectivity index (χ0n) is 18.8. The molecule has 2 amide bonds. The van der Waals surface area contributed by atoms with Gasteiger partial charge in [-0.3, -0.25) is 14.5 Å². The Morgan fingerprint density at radius 3 is 2.38 bits per heavy atom. The van der Waals surface area contributed by atoms with E-state index in [1.54, 1.807) is 35.6 Å². The summed E-state index contributed by atoms with van der Waals surface area (Å²) in [6, 6.07) is 15.1. The molecule has 2 aromatic carbocycles. The van der Waals surface area contributed by atoms with E-state index in [4.69, 9.17) is 14.7 Å². The Hall–Kier alpha value is -3.58. The van der Waals surface area contributed by atoms with Crippen LogP contribution in [0, 0.1) is 6.92 Å². The highest BCUT2D eigenvalue weighted by atomic mass is 32.1. The first-order valence-electron chi connectivity index (χ1n) is 11.6. The number of nitrogens with zero attached hydrogens (tertiary/aromatic N) is 3. The van der Waals surface area contributed by atoms with Gasteiger partial charge in [-0.15, -0.1) is 11.3 Å². The summed E-state index contributed by atoms with van der Waals surface area (Å²) >= 11 is 1.73. The summed E-state index contributed by atoms with van der Waals surface area (Å²) in [5.41, 5.74) is 4.30. The molecule has 0 fully saturated rings. The van der Waals surface area contributed by atoms with Crippen LogP contribution >= 0.6 is 11.3 Å². The van der Waals surface area contributed by atoms with Crippen LogP contribution in [0.4, 0.5) is 0 Å². The van der Waals surface area contributed by atoms with Gasteiger partial charge in [0, 0.05) is 10.4 Å². The summed E-state index contributed by atoms with van der Waals surface area (Å²) in [6.07, 6.45) is 4.39. The number of hydrogen-bond donors (Lipinski definition) is 0. The molecule has 0 radical (unpaired) electrons. The molecule has 7 heteroatoms. The topological polar surface area (TPSA) is 72.4 Å². The molecule has 2 aromatic heterocycles. The number of aromatic nitrogens is 2. The summed E-state index contributed by atoms with van der Waals surface area (Å²) in [5.74, 6) is 0.619. The minimum atomic E-state index is -0.273. The lowest BCUT2D eigenvalue weighted by Crippen LogP contribution is -2.33. The van der Waals surface area contributed by atoms with E-state index in [0.29, 0.717) is 22.8 Å². The molecule has 6 rings (SSSR count). The summed E-state index contributed by atoms with van der Waals surface area (Å²) in [5, 5.41) is 0.984. The third-order valence-electron chi connectivity index (χ3n) is 6.52. The molecule has 0 saturated carbocycles. The molecule has 0 saturated heterocycles. The van der Waals surface area contributed by atoms with Crippen molar-refractivity contribution in [2.75, 3.05) is 13.2 Å². The molecule has 1 aliphatic heterocycles. The van der Waals surface area contributed by atoms with E-state index in [1.807, 2.05) is 24.3 Å². The number of thiophene rings is 1. The summed E-state index contributed by atoms with van der Waals surface area (Å²) in [6.45, 7) is 2.40. The second kappa shape index (κ2) is 8.33. The van der Waals surface area contributed by atoms with Crippen molar-refractivity contribution in [3.05, 3.63) is 75.7 Å². The van der Waals surface area contributed by atoms with E-state index in [-0.39, 0.29) is 25.0 Å². The predicted molar refractivity (Wildman–Crippen MR) is 132 cm³/mol. The second-order valence-corrected chi connectivity index (χ2v) is 9.85. The smallest absolute Gasteiger partial charge is 0.261 e. The van der Waals surface area contributed by atoms with Crippen LogP contribution in [0.1, 0.15) is 49.6 Å². The van der Waals surface area contributed by atoms with Gasteiger partial charge in [0.2, 0.25) is 5.88 Å². The van der Waals surface area contributed by atoms with Crippen LogP contribution in [0.2, 0.25) is 0 Å². The number of carbonyl (C=O) groups excluding carboxylic acids is 2. The van der Waals surface area contributed by atoms with Crippen molar-refractivity contribution in [1.82, 2.24) is 14.9 Å². The fourth-order valence-electron chi connectivity index (χ4n) is 4.74. The first kappa shape index (κ1) is 21.0. The molecule has 0 atom stereocenters. The van der Waals surface area contributed by atoms with E-state index in [1.165, 1.54) is 27.3 Å². The first-order chi connectivity index (χ1) is 16.6. The van der Waals surface area contributed by atoms with Gasteiger partial charge in [0.15, 0.2) is 5.82 Å². The van der Waals surface area contributed by atoms with Crippen LogP contribution in [0.25, 0.3) is 21.6 Å². The average Bonchev–Trinajstić information content (AvgIpc) is 3.35. The van der Waals surface area contributed by atoms with Crippen molar-refractivity contribution in [2.45, 2.75) is 32.6 Å². The SMILES string of the molecule is Cc1ccc(-c2nc(OCCN3C(=O)c4ccccc4C3=O)c3c4c(sc3n2)CCCC4)cc1. The monoisotopic (exact) mass is 469 g/mol. The van der Waals surface area contributed by atoms with E-state index in [9.17, 15) is 9.59 Å². The normalized spacial score (nSPS) is 15.0. The van der Waals surface area contributed by atoms with Gasteiger partial charge in [-0.25, -0.2) is 4.98 Å². The van der Waals surface area contributed by atoms with E-state index in [0.717, 1.165) is 35.0 Å². The highest BCUT2D eigenvalue weighted by Crippen LogP contribution is 2.40. The van der Waals surface area contributed by atoms with Crippen molar-refractivity contribution < 1.29 is 14.3 Å². The van der Waals surface area contributed by atoms with Crippen molar-refractivity contribution in [3.8, 4) is 17.3 Å². The van der Waals surface area contributed by atoms with Crippen molar-refractivity contribution in [2.24, 2.45) is 0 Å². The highest BCUT2D eigenvalue weighted by molar-refractivity contribution is 7.18. The third-order valence-corrected chi connectivity index (χ3v) is 7.71. The molecular formula is C27H23N3O3S. The van der Waals surface area contributed by atoms with E-state index < -0.39 is 0 Å². The number of rotatable bonds is 5. The van der Waals surface area contributed by atoms with Crippen LogP contribution < -0.4 is 4.74 Å². The molecule has 0 bridgehead atoms. The molecule has 6 nitrogen and oxygen atoms in total. The third kappa shape index (κ3) is 3.47. The quantitative estimate of drug-likeness (QED) is 0.375. The number of benzene rings is 2. The largest absolute Gasteiger partial charge is 0.475 e. The maximum absolute atomic E-state index is 12.7. The number of imide groups is 1. The van der Waals surface area contributed by atoms with Crippen LogP contribution in [0.5, 0.6) is 5.88 Å². The molecule has 2 aliphatic rings. The Morgan fingerprint density at radius 1 is 0.941 bits per heavy atom. The number of ether oxygens (including phenoxy) is 1. The zero-order chi connectivity index (χ0) is 23.2. The molecule has 34 heavy (non-hydrogen) atoms. The minimum Gasteiger partial charge on any atom is -0.475 e. The van der Waals surface area contributed by atoms with Crippen molar-refractivity contribution in [3.63, 3.8) is 0 Å². The van der Waals surface area contributed by atoms with Crippen LogP contribution in [-0.2, 0) is 12.8 Å². The fourth-order valence-corrected chi connectivity index (χ4v) is 5.99. The number of carbonyl (C=O) groups is 2. The Morgan fingerprint density at radius 2 is 1.65 bits per heavy atom. The zero-order valence-corrected chi connectivity index (χ0v) is 19.7. The molecule has 1 aliphatic carbocycles. The van der Waals surface area contributed by atoms with E-state index >= 15 is 0 Å². The van der Waals surface area contributed by atoms with Gasteiger partial charge in [0.25, 0.3) is 11.8 Å². The van der Waals surface area contributed by atoms with Crippen molar-refractivity contribution >= 4 is 33.4 Å². The maximum atomic E-state index is 12.7. The highest BCUT2D eigenvalue weighted by Gasteiger charge is 2.35. The number of amides is 2. The van der Waals surface area contributed by atoms with Crippen molar-refractivity contribution in [1.29, 1.82) is 0 Å². The summed E-state index contributed by atoms with van der Waals surface area (Å²) < 4.78 is 6.20. The lowest BCUT2D eigenvalue weighted by molar-refractivity contribution is 0.0630. The van der Waals surface area contributed by atoms with Gasteiger partial charge in [0.1, 0.15) is 11.4 Å². The Bertz CT molecular complexity index is 1410. The summed E-state index contributed by atoms with van der Waals surface area (Å²) in [4.78, 5) is 38.7. The average molecular weight is 470 g/mol. The number of fused-ring (bicyclic) bond motifs is 4.